The molecule has 41 heavy (non-hydrogen) atoms. The summed E-state index contributed by atoms with van der Waals surface area (Å²) in [4.78, 5) is 20.1. The van der Waals surface area contributed by atoms with Crippen LogP contribution in [-0.2, 0) is 11.8 Å². The van der Waals surface area contributed by atoms with E-state index in [1.165, 1.54) is 24.3 Å². The lowest BCUT2D eigenvalue weighted by Gasteiger charge is -2.33. The summed E-state index contributed by atoms with van der Waals surface area (Å²) in [6.45, 7) is 0. The van der Waals surface area contributed by atoms with Gasteiger partial charge in [0.05, 0.1) is 9.85 Å². The van der Waals surface area contributed by atoms with Gasteiger partial charge >= 0.3 is 17.8 Å². The van der Waals surface area contributed by atoms with E-state index in [-0.39, 0.29) is 34.4 Å². The van der Waals surface area contributed by atoms with Crippen LogP contribution < -0.4 is 9.47 Å². The molecule has 0 aliphatic heterocycles. The molecule has 0 radical (unpaired) electrons. The summed E-state index contributed by atoms with van der Waals surface area (Å²) in [6.07, 6.45) is 0. The lowest BCUT2D eigenvalue weighted by molar-refractivity contribution is -0.385. The molecule has 212 valence electrons. The zero-order valence-electron chi connectivity index (χ0n) is 20.3. The Labute approximate surface area is 226 Å². The molecule has 0 heterocycles. The highest BCUT2D eigenvalue weighted by atomic mass is 19.3. The molecule has 0 bridgehead atoms. The molecule has 4 aromatic rings. The first-order chi connectivity index (χ1) is 19.2. The van der Waals surface area contributed by atoms with Crippen molar-refractivity contribution in [1.82, 2.24) is 0 Å². The van der Waals surface area contributed by atoms with Crippen molar-refractivity contribution in [2.24, 2.45) is 0 Å². The van der Waals surface area contributed by atoms with Crippen molar-refractivity contribution < 1.29 is 45.7 Å². The first kappa shape index (κ1) is 28.9. The highest BCUT2D eigenvalue weighted by Gasteiger charge is 2.72. The van der Waals surface area contributed by atoms with Crippen LogP contribution in [0.1, 0.15) is 11.1 Å². The number of hydrogen-bond acceptors (Lipinski definition) is 6. The minimum atomic E-state index is -5.87. The summed E-state index contributed by atoms with van der Waals surface area (Å²) >= 11 is 0. The molecule has 0 spiro atoms. The third-order valence-corrected chi connectivity index (χ3v) is 5.79. The zero-order chi connectivity index (χ0) is 30.0. The number of halogens is 6. The van der Waals surface area contributed by atoms with Crippen LogP contribution in [0.4, 0.5) is 37.7 Å². The molecule has 0 aliphatic carbocycles. The van der Waals surface area contributed by atoms with Gasteiger partial charge in [0.25, 0.3) is 11.4 Å². The summed E-state index contributed by atoms with van der Waals surface area (Å²) in [7, 11) is 0. The fourth-order valence-corrected chi connectivity index (χ4v) is 3.57. The van der Waals surface area contributed by atoms with Crippen LogP contribution >= 0.6 is 0 Å². The molecule has 0 amide bonds. The van der Waals surface area contributed by atoms with Crippen LogP contribution in [0.3, 0.4) is 0 Å². The van der Waals surface area contributed by atoms with Crippen LogP contribution in [0, 0.1) is 20.2 Å². The first-order valence-electron chi connectivity index (χ1n) is 11.4. The number of alkyl halides is 6. The molecule has 14 heteroatoms. The molecule has 0 N–H and O–H groups in total. The van der Waals surface area contributed by atoms with E-state index in [1.807, 2.05) is 0 Å². The van der Waals surface area contributed by atoms with Gasteiger partial charge in [-0.15, -0.1) is 0 Å². The molecule has 0 unspecified atom stereocenters. The van der Waals surface area contributed by atoms with Gasteiger partial charge in [-0.1, -0.05) is 0 Å². The summed E-state index contributed by atoms with van der Waals surface area (Å²) in [5.41, 5.74) is -3.28. The second-order valence-corrected chi connectivity index (χ2v) is 8.48. The van der Waals surface area contributed by atoms with Crippen LogP contribution in [0.25, 0.3) is 0 Å². The van der Waals surface area contributed by atoms with Gasteiger partial charge in [0.2, 0.25) is 0 Å². The molecule has 8 nitrogen and oxygen atoms in total. The monoisotopic (exact) mass is 578 g/mol. The average Bonchev–Trinajstić information content (AvgIpc) is 2.94. The topological polar surface area (TPSA) is 105 Å². The Morgan fingerprint density at radius 2 is 0.707 bits per heavy atom. The highest BCUT2D eigenvalue weighted by molar-refractivity contribution is 5.42. The highest BCUT2D eigenvalue weighted by Crippen LogP contribution is 2.55. The molecular weight excluding hydrogens is 562 g/mol. The second-order valence-electron chi connectivity index (χ2n) is 8.48. The molecular formula is C27H16F6N2O6. The maximum Gasteiger partial charge on any atom is 0.380 e. The third kappa shape index (κ3) is 5.76. The van der Waals surface area contributed by atoms with Crippen molar-refractivity contribution in [2.45, 2.75) is 17.8 Å². The van der Waals surface area contributed by atoms with E-state index >= 15 is 0 Å². The quantitative estimate of drug-likeness (QED) is 0.106. The Hall–Kier alpha value is -5.14. The third-order valence-electron chi connectivity index (χ3n) is 5.79. The van der Waals surface area contributed by atoms with Gasteiger partial charge in [0.1, 0.15) is 23.0 Å². The van der Waals surface area contributed by atoms with Gasteiger partial charge in [-0.2, -0.15) is 26.3 Å². The Balaban J connectivity index is 1.49. The molecule has 0 saturated carbocycles. The number of nitrogens with zero attached hydrogens (tertiary/aromatic N) is 2. The van der Waals surface area contributed by atoms with Crippen molar-refractivity contribution in [3.63, 3.8) is 0 Å². The summed E-state index contributed by atoms with van der Waals surface area (Å²) in [5.74, 6) is -16.6. The first-order valence-corrected chi connectivity index (χ1v) is 11.4. The van der Waals surface area contributed by atoms with E-state index in [1.54, 1.807) is 0 Å². The normalized spacial score (nSPS) is 12.0. The van der Waals surface area contributed by atoms with Crippen molar-refractivity contribution in [3.8, 4) is 23.0 Å². The van der Waals surface area contributed by atoms with Crippen LogP contribution in [0.15, 0.2) is 97.1 Å². The summed E-state index contributed by atoms with van der Waals surface area (Å²) in [5, 5.41) is 21.4. The van der Waals surface area contributed by atoms with Gasteiger partial charge in [0, 0.05) is 35.4 Å². The lowest BCUT2D eigenvalue weighted by atomic mass is 9.93. The minimum Gasteiger partial charge on any atom is -0.457 e. The molecule has 0 atom stereocenters. The molecule has 0 aliphatic rings. The number of nitro benzene ring substituents is 2. The Kier molecular flexibility index (Phi) is 7.59. The second kappa shape index (κ2) is 10.8. The van der Waals surface area contributed by atoms with Gasteiger partial charge in [-0.05, 0) is 72.8 Å². The van der Waals surface area contributed by atoms with Crippen LogP contribution in [0.2, 0.25) is 0 Å². The van der Waals surface area contributed by atoms with Crippen molar-refractivity contribution in [1.29, 1.82) is 0 Å². The predicted molar refractivity (Wildman–Crippen MR) is 132 cm³/mol. The molecule has 0 aromatic heterocycles. The minimum absolute atomic E-state index is 0.0768. The van der Waals surface area contributed by atoms with Gasteiger partial charge in [-0.25, -0.2) is 0 Å². The van der Waals surface area contributed by atoms with Crippen LogP contribution in [-0.4, -0.2) is 15.8 Å². The smallest absolute Gasteiger partial charge is 0.380 e. The van der Waals surface area contributed by atoms with E-state index in [9.17, 15) is 46.6 Å². The number of non-ortho nitro benzene ring substituents is 2. The van der Waals surface area contributed by atoms with Gasteiger partial charge in [0.15, 0.2) is 0 Å². The Bertz CT molecular complexity index is 1430. The number of hydrogen-bond donors (Lipinski definition) is 0. The fraction of sp³-hybridized carbons (Fsp3) is 0.111. The molecule has 0 saturated heterocycles. The largest absolute Gasteiger partial charge is 0.457 e. The molecule has 4 aromatic carbocycles. The van der Waals surface area contributed by atoms with E-state index < -0.39 is 38.7 Å². The maximum atomic E-state index is 14.8. The molecule has 0 fully saturated rings. The standard InChI is InChI=1S/C27H16F6N2O6/c28-25(29,17-1-9-21(10-2-17)40-23-13-5-19(6-14-23)34(36)37)27(32,33)26(30,31)18-3-11-22(12-4-18)41-24-15-7-20(8-16-24)35(38)39/h1-16H. The van der Waals surface area contributed by atoms with E-state index in [4.69, 9.17) is 9.47 Å². The molecule has 4 rings (SSSR count). The fourth-order valence-electron chi connectivity index (χ4n) is 3.57. The van der Waals surface area contributed by atoms with Crippen molar-refractivity contribution >= 4 is 11.4 Å². The van der Waals surface area contributed by atoms with Crippen molar-refractivity contribution in [2.75, 3.05) is 0 Å². The number of ether oxygens (including phenoxy) is 2. The zero-order valence-corrected chi connectivity index (χ0v) is 20.3. The van der Waals surface area contributed by atoms with E-state index in [0.717, 1.165) is 48.5 Å². The summed E-state index contributed by atoms with van der Waals surface area (Å²) < 4.78 is 99.6. The predicted octanol–water partition coefficient (Wildman–Crippen LogP) is 8.61. The maximum absolute atomic E-state index is 14.8. The van der Waals surface area contributed by atoms with Crippen molar-refractivity contribution in [3.05, 3.63) is 128 Å². The Morgan fingerprint density at radius 3 is 0.951 bits per heavy atom. The average molecular weight is 578 g/mol. The SMILES string of the molecule is O=[N+]([O-])c1ccc(Oc2ccc(C(F)(F)C(F)(F)C(F)(F)c3ccc(Oc4ccc([N+](=O)[O-])cc4)cc3)cc2)cc1. The van der Waals surface area contributed by atoms with Gasteiger partial charge < -0.3 is 9.47 Å². The van der Waals surface area contributed by atoms with E-state index in [0.29, 0.717) is 24.3 Å². The lowest BCUT2D eigenvalue weighted by Crippen LogP contribution is -2.50. The summed E-state index contributed by atoms with van der Waals surface area (Å²) in [6, 6.07) is 14.8. The Morgan fingerprint density at radius 1 is 0.463 bits per heavy atom. The number of rotatable bonds is 10. The van der Waals surface area contributed by atoms with Gasteiger partial charge in [-0.3, -0.25) is 20.2 Å². The van der Waals surface area contributed by atoms with Crippen LogP contribution in [0.5, 0.6) is 23.0 Å². The number of benzene rings is 4. The van der Waals surface area contributed by atoms with E-state index in [2.05, 4.69) is 0 Å². The number of nitro groups is 2.